The predicted molar refractivity (Wildman–Crippen MR) is 101 cm³/mol. The van der Waals surface area contributed by atoms with Crippen molar-refractivity contribution in [1.82, 2.24) is 15.0 Å². The third-order valence-electron chi connectivity index (χ3n) is 4.88. The number of aromatic nitrogens is 3. The van der Waals surface area contributed by atoms with E-state index < -0.39 is 0 Å². The van der Waals surface area contributed by atoms with Gasteiger partial charge in [-0.3, -0.25) is 10.1 Å². The molecule has 3 aromatic rings. The van der Waals surface area contributed by atoms with E-state index >= 15 is 0 Å². The summed E-state index contributed by atoms with van der Waals surface area (Å²) in [5, 5.41) is 6.73. The molecule has 5 nitrogen and oxygen atoms in total. The number of thiazole rings is 1. The molecule has 0 aromatic carbocycles. The Labute approximate surface area is 153 Å². The molecule has 0 saturated heterocycles. The lowest BCUT2D eigenvalue weighted by Crippen LogP contribution is -2.11. The number of rotatable bonds is 4. The summed E-state index contributed by atoms with van der Waals surface area (Å²) in [5.74, 6) is 1.96. The average molecular weight is 371 g/mol. The summed E-state index contributed by atoms with van der Waals surface area (Å²) in [5.41, 5.74) is 3.06. The first-order valence-corrected chi connectivity index (χ1v) is 10.3. The van der Waals surface area contributed by atoms with E-state index in [1.165, 1.54) is 48.4 Å². The zero-order chi connectivity index (χ0) is 17.1. The Hall–Kier alpha value is -1.86. The largest absolute Gasteiger partial charge is 0.297 e. The number of carbonyl (C=O) groups is 1. The molecule has 3 heterocycles. The Morgan fingerprint density at radius 1 is 1.12 bits per heavy atom. The number of carbonyl (C=O) groups excluding carboxylic acids is 1. The van der Waals surface area contributed by atoms with Gasteiger partial charge < -0.3 is 0 Å². The maximum absolute atomic E-state index is 12.8. The lowest BCUT2D eigenvalue weighted by molar-refractivity contribution is 0.103. The fourth-order valence-corrected chi connectivity index (χ4v) is 5.09. The molecule has 25 heavy (non-hydrogen) atoms. The van der Waals surface area contributed by atoms with E-state index in [4.69, 9.17) is 4.98 Å². The number of amides is 1. The van der Waals surface area contributed by atoms with E-state index in [2.05, 4.69) is 20.7 Å². The summed E-state index contributed by atoms with van der Waals surface area (Å²) >= 11 is 2.97. The topological polar surface area (TPSA) is 67.8 Å². The number of hydrogen-bond acceptors (Lipinski definition) is 6. The van der Waals surface area contributed by atoms with Crippen LogP contribution in [0.15, 0.2) is 5.38 Å². The van der Waals surface area contributed by atoms with Crippen molar-refractivity contribution < 1.29 is 4.79 Å². The van der Waals surface area contributed by atoms with Crippen molar-refractivity contribution in [2.75, 3.05) is 5.32 Å². The van der Waals surface area contributed by atoms with Gasteiger partial charge in [-0.25, -0.2) is 15.0 Å². The van der Waals surface area contributed by atoms with Crippen LogP contribution >= 0.6 is 22.7 Å². The van der Waals surface area contributed by atoms with Gasteiger partial charge in [0.05, 0.1) is 16.3 Å². The molecule has 5 rings (SSSR count). The zero-order valence-corrected chi connectivity index (χ0v) is 15.8. The lowest BCUT2D eigenvalue weighted by atomic mass is 10.1. The van der Waals surface area contributed by atoms with Crippen molar-refractivity contribution in [3.63, 3.8) is 0 Å². The fourth-order valence-electron chi connectivity index (χ4n) is 3.16. The van der Waals surface area contributed by atoms with Crippen molar-refractivity contribution >= 4 is 43.9 Å². The van der Waals surface area contributed by atoms with Gasteiger partial charge in [-0.2, -0.15) is 0 Å². The summed E-state index contributed by atoms with van der Waals surface area (Å²) in [6, 6.07) is 0. The average Bonchev–Trinajstić information content (AvgIpc) is 3.50. The number of anilines is 1. The molecule has 2 aliphatic rings. The highest BCUT2D eigenvalue weighted by atomic mass is 32.1. The van der Waals surface area contributed by atoms with Gasteiger partial charge >= 0.3 is 0 Å². The standard InChI is InChI=1S/C18H18N4OS2/c1-8-13-9(2)19-15(11-5-6-11)21-17(13)25-14(8)16(23)22-18-20-12(7-24-18)10-3-4-10/h7,10-11H,3-6H2,1-2H3,(H,20,22,23). The van der Waals surface area contributed by atoms with Gasteiger partial charge in [-0.15, -0.1) is 22.7 Å². The summed E-state index contributed by atoms with van der Waals surface area (Å²) in [4.78, 5) is 28.3. The number of nitrogens with one attached hydrogen (secondary N) is 1. The minimum atomic E-state index is -0.0930. The smallest absolute Gasteiger partial charge is 0.267 e. The summed E-state index contributed by atoms with van der Waals surface area (Å²) in [7, 11) is 0. The molecule has 2 fully saturated rings. The van der Waals surface area contributed by atoms with Crippen LogP contribution in [0.25, 0.3) is 10.2 Å². The van der Waals surface area contributed by atoms with Crippen LogP contribution in [0.2, 0.25) is 0 Å². The second kappa shape index (κ2) is 5.57. The monoisotopic (exact) mass is 370 g/mol. The van der Waals surface area contributed by atoms with E-state index in [0.29, 0.717) is 21.8 Å². The fraction of sp³-hybridized carbons (Fsp3) is 0.444. The van der Waals surface area contributed by atoms with Crippen molar-refractivity contribution in [2.24, 2.45) is 0 Å². The van der Waals surface area contributed by atoms with Crippen LogP contribution in [0.3, 0.4) is 0 Å². The van der Waals surface area contributed by atoms with Gasteiger partial charge in [0.25, 0.3) is 5.91 Å². The van der Waals surface area contributed by atoms with Gasteiger partial charge in [-0.05, 0) is 45.1 Å². The van der Waals surface area contributed by atoms with Gasteiger partial charge in [-0.1, -0.05) is 0 Å². The van der Waals surface area contributed by atoms with E-state index in [1.807, 2.05) is 13.8 Å². The Kier molecular flexibility index (Phi) is 3.43. The van der Waals surface area contributed by atoms with E-state index in [-0.39, 0.29) is 5.91 Å². The molecule has 1 amide bonds. The summed E-state index contributed by atoms with van der Waals surface area (Å²) in [6.45, 7) is 4.00. The highest BCUT2D eigenvalue weighted by Crippen LogP contribution is 2.42. The molecule has 128 valence electrons. The number of hydrogen-bond donors (Lipinski definition) is 1. The molecule has 0 radical (unpaired) electrons. The van der Waals surface area contributed by atoms with Crippen LogP contribution in [-0.4, -0.2) is 20.9 Å². The normalized spacial score (nSPS) is 17.2. The van der Waals surface area contributed by atoms with E-state index in [9.17, 15) is 4.79 Å². The van der Waals surface area contributed by atoms with E-state index in [0.717, 1.165) is 33.0 Å². The number of aryl methyl sites for hydroxylation is 2. The highest BCUT2D eigenvalue weighted by molar-refractivity contribution is 7.21. The third-order valence-corrected chi connectivity index (χ3v) is 6.84. The van der Waals surface area contributed by atoms with Crippen LogP contribution < -0.4 is 5.32 Å². The van der Waals surface area contributed by atoms with Crippen molar-refractivity contribution in [1.29, 1.82) is 0 Å². The minimum absolute atomic E-state index is 0.0930. The summed E-state index contributed by atoms with van der Waals surface area (Å²) < 4.78 is 0. The molecular formula is C18H18N4OS2. The molecule has 2 saturated carbocycles. The molecule has 0 bridgehead atoms. The number of thiophene rings is 1. The maximum Gasteiger partial charge on any atom is 0.267 e. The van der Waals surface area contributed by atoms with Crippen molar-refractivity contribution in [2.45, 2.75) is 51.4 Å². The first kappa shape index (κ1) is 15.4. The van der Waals surface area contributed by atoms with Crippen molar-refractivity contribution in [3.05, 3.63) is 33.0 Å². The Bertz CT molecular complexity index is 998. The number of nitrogens with zero attached hydrogens (tertiary/aromatic N) is 3. The van der Waals surface area contributed by atoms with E-state index in [1.54, 1.807) is 0 Å². The van der Waals surface area contributed by atoms with Crippen LogP contribution in [0.5, 0.6) is 0 Å². The molecule has 7 heteroatoms. The molecule has 0 atom stereocenters. The second-order valence-electron chi connectivity index (χ2n) is 6.98. The van der Waals surface area contributed by atoms with Crippen LogP contribution in [0, 0.1) is 13.8 Å². The molecular weight excluding hydrogens is 352 g/mol. The molecule has 0 unspecified atom stereocenters. The van der Waals surface area contributed by atoms with Crippen molar-refractivity contribution in [3.8, 4) is 0 Å². The molecule has 3 aromatic heterocycles. The lowest BCUT2D eigenvalue weighted by Gasteiger charge is -2.02. The minimum Gasteiger partial charge on any atom is -0.297 e. The predicted octanol–water partition coefficient (Wildman–Crippen LogP) is 4.77. The van der Waals surface area contributed by atoms with Gasteiger partial charge in [0, 0.05) is 22.6 Å². The Morgan fingerprint density at radius 3 is 2.60 bits per heavy atom. The first-order chi connectivity index (χ1) is 12.1. The SMILES string of the molecule is Cc1nc(C2CC2)nc2sc(C(=O)Nc3nc(C4CC4)cs3)c(C)c12. The quantitative estimate of drug-likeness (QED) is 0.718. The van der Waals surface area contributed by atoms with Gasteiger partial charge in [0.15, 0.2) is 5.13 Å². The molecule has 1 N–H and O–H groups in total. The van der Waals surface area contributed by atoms with Crippen LogP contribution in [0.1, 0.15) is 70.0 Å². The molecule has 0 aliphatic heterocycles. The second-order valence-corrected chi connectivity index (χ2v) is 8.84. The third kappa shape index (κ3) is 2.75. The van der Waals surface area contributed by atoms with Gasteiger partial charge in [0.1, 0.15) is 10.7 Å². The highest BCUT2D eigenvalue weighted by Gasteiger charge is 2.29. The first-order valence-electron chi connectivity index (χ1n) is 8.64. The van der Waals surface area contributed by atoms with Gasteiger partial charge in [0.2, 0.25) is 0 Å². The zero-order valence-electron chi connectivity index (χ0n) is 14.1. The van der Waals surface area contributed by atoms with Crippen LogP contribution in [0.4, 0.5) is 5.13 Å². The number of fused-ring (bicyclic) bond motifs is 1. The van der Waals surface area contributed by atoms with Crippen LogP contribution in [-0.2, 0) is 0 Å². The molecule has 0 spiro atoms. The summed E-state index contributed by atoms with van der Waals surface area (Å²) in [6.07, 6.45) is 4.79. The maximum atomic E-state index is 12.8. The molecule has 2 aliphatic carbocycles. The Morgan fingerprint density at radius 2 is 1.88 bits per heavy atom. The Balaban J connectivity index is 1.47.